The van der Waals surface area contributed by atoms with Gasteiger partial charge < -0.3 is 5.32 Å². The first kappa shape index (κ1) is 13.8. The number of rotatable bonds is 5. The van der Waals surface area contributed by atoms with Crippen LogP contribution in [0.25, 0.3) is 21.9 Å². The largest absolute Gasteiger partial charge is 0.313 e. The molecular formula is C19H20N2. The molecule has 0 fully saturated rings. The van der Waals surface area contributed by atoms with Crippen molar-refractivity contribution in [2.24, 2.45) is 0 Å². The van der Waals surface area contributed by atoms with Gasteiger partial charge in [0, 0.05) is 24.3 Å². The van der Waals surface area contributed by atoms with Gasteiger partial charge in [-0.1, -0.05) is 49.4 Å². The van der Waals surface area contributed by atoms with Crippen LogP contribution in [0, 0.1) is 0 Å². The Morgan fingerprint density at radius 1 is 0.952 bits per heavy atom. The minimum absolute atomic E-state index is 0.908. The number of aromatic nitrogens is 1. The third-order valence-corrected chi connectivity index (χ3v) is 3.73. The lowest BCUT2D eigenvalue weighted by Gasteiger charge is -2.12. The summed E-state index contributed by atoms with van der Waals surface area (Å²) in [5.41, 5.74) is 3.93. The summed E-state index contributed by atoms with van der Waals surface area (Å²) >= 11 is 0. The van der Waals surface area contributed by atoms with Crippen molar-refractivity contribution in [2.75, 3.05) is 6.54 Å². The van der Waals surface area contributed by atoms with E-state index in [1.807, 2.05) is 12.4 Å². The molecule has 0 amide bonds. The Morgan fingerprint density at radius 2 is 1.81 bits per heavy atom. The Morgan fingerprint density at radius 3 is 2.71 bits per heavy atom. The molecule has 1 heterocycles. The van der Waals surface area contributed by atoms with Crippen molar-refractivity contribution in [1.29, 1.82) is 0 Å². The molecule has 21 heavy (non-hydrogen) atoms. The molecule has 3 aromatic rings. The number of benzene rings is 2. The molecule has 2 heteroatoms. The summed E-state index contributed by atoms with van der Waals surface area (Å²) in [4.78, 5) is 4.22. The molecule has 0 aliphatic rings. The van der Waals surface area contributed by atoms with Gasteiger partial charge in [0.25, 0.3) is 0 Å². The van der Waals surface area contributed by atoms with E-state index in [4.69, 9.17) is 0 Å². The van der Waals surface area contributed by atoms with Crippen molar-refractivity contribution < 1.29 is 0 Å². The second-order valence-corrected chi connectivity index (χ2v) is 5.24. The highest BCUT2D eigenvalue weighted by Crippen LogP contribution is 2.30. The molecule has 0 saturated heterocycles. The van der Waals surface area contributed by atoms with Crippen LogP contribution >= 0.6 is 0 Å². The van der Waals surface area contributed by atoms with E-state index in [9.17, 15) is 0 Å². The van der Waals surface area contributed by atoms with Crippen molar-refractivity contribution in [1.82, 2.24) is 10.3 Å². The van der Waals surface area contributed by atoms with E-state index in [1.165, 1.54) is 27.5 Å². The van der Waals surface area contributed by atoms with Crippen LogP contribution in [0.1, 0.15) is 18.9 Å². The fraction of sp³-hybridized carbons (Fsp3) is 0.211. The van der Waals surface area contributed by atoms with Crippen molar-refractivity contribution in [3.8, 4) is 11.1 Å². The van der Waals surface area contributed by atoms with Gasteiger partial charge in [-0.15, -0.1) is 0 Å². The van der Waals surface area contributed by atoms with E-state index in [2.05, 4.69) is 65.8 Å². The van der Waals surface area contributed by atoms with Gasteiger partial charge in [0.1, 0.15) is 0 Å². The lowest BCUT2D eigenvalue weighted by atomic mass is 9.95. The Balaban J connectivity index is 2.06. The summed E-state index contributed by atoms with van der Waals surface area (Å²) in [7, 11) is 0. The number of fused-ring (bicyclic) bond motifs is 1. The molecule has 0 aliphatic carbocycles. The zero-order valence-corrected chi connectivity index (χ0v) is 12.3. The summed E-state index contributed by atoms with van der Waals surface area (Å²) < 4.78 is 0. The third-order valence-electron chi connectivity index (χ3n) is 3.73. The third kappa shape index (κ3) is 2.96. The Kier molecular flexibility index (Phi) is 4.27. The standard InChI is InChI=1S/C19H20N2/c1-2-11-20-13-15-6-3-4-8-17(15)19-9-5-7-16-14-21-12-10-18(16)19/h3-10,12,14,20H,2,11,13H2,1H3. The van der Waals surface area contributed by atoms with Crippen LogP contribution in [0.15, 0.2) is 60.9 Å². The lowest BCUT2D eigenvalue weighted by molar-refractivity contribution is 0.676. The minimum atomic E-state index is 0.908. The van der Waals surface area contributed by atoms with Crippen LogP contribution in [0.5, 0.6) is 0 Å². The number of hydrogen-bond donors (Lipinski definition) is 1. The van der Waals surface area contributed by atoms with E-state index < -0.39 is 0 Å². The minimum Gasteiger partial charge on any atom is -0.313 e. The normalized spacial score (nSPS) is 10.9. The molecule has 0 atom stereocenters. The van der Waals surface area contributed by atoms with Crippen LogP contribution < -0.4 is 5.32 Å². The molecule has 1 N–H and O–H groups in total. The Bertz CT molecular complexity index is 729. The molecule has 106 valence electrons. The van der Waals surface area contributed by atoms with E-state index in [-0.39, 0.29) is 0 Å². The first-order valence-corrected chi connectivity index (χ1v) is 7.52. The van der Waals surface area contributed by atoms with Gasteiger partial charge in [-0.25, -0.2) is 0 Å². The van der Waals surface area contributed by atoms with Crippen LogP contribution in [-0.2, 0) is 6.54 Å². The monoisotopic (exact) mass is 276 g/mol. The Labute approximate surface area is 125 Å². The van der Waals surface area contributed by atoms with Gasteiger partial charge in [0.05, 0.1) is 0 Å². The summed E-state index contributed by atoms with van der Waals surface area (Å²) in [5, 5.41) is 5.94. The van der Waals surface area contributed by atoms with E-state index in [0.29, 0.717) is 0 Å². The SMILES string of the molecule is CCCNCc1ccccc1-c1cccc2cnccc12. The second kappa shape index (κ2) is 6.51. The molecule has 2 nitrogen and oxygen atoms in total. The van der Waals surface area contributed by atoms with Crippen LogP contribution in [0.2, 0.25) is 0 Å². The average Bonchev–Trinajstić information content (AvgIpc) is 2.55. The highest BCUT2D eigenvalue weighted by molar-refractivity contribution is 5.96. The molecular weight excluding hydrogens is 256 g/mol. The topological polar surface area (TPSA) is 24.9 Å². The van der Waals surface area contributed by atoms with Crippen molar-refractivity contribution in [3.05, 3.63) is 66.5 Å². The maximum Gasteiger partial charge on any atom is 0.0346 e. The smallest absolute Gasteiger partial charge is 0.0346 e. The molecule has 1 aromatic heterocycles. The average molecular weight is 276 g/mol. The van der Waals surface area contributed by atoms with Crippen molar-refractivity contribution in [3.63, 3.8) is 0 Å². The van der Waals surface area contributed by atoms with Gasteiger partial charge >= 0.3 is 0 Å². The molecule has 0 saturated carbocycles. The van der Waals surface area contributed by atoms with Crippen LogP contribution in [0.3, 0.4) is 0 Å². The fourth-order valence-electron chi connectivity index (χ4n) is 2.69. The van der Waals surface area contributed by atoms with Crippen LogP contribution in [-0.4, -0.2) is 11.5 Å². The quantitative estimate of drug-likeness (QED) is 0.699. The fourth-order valence-corrected chi connectivity index (χ4v) is 2.69. The van der Waals surface area contributed by atoms with Gasteiger partial charge in [-0.2, -0.15) is 0 Å². The van der Waals surface area contributed by atoms with Crippen molar-refractivity contribution >= 4 is 10.8 Å². The van der Waals surface area contributed by atoms with Gasteiger partial charge in [-0.05, 0) is 41.1 Å². The second-order valence-electron chi connectivity index (χ2n) is 5.24. The zero-order chi connectivity index (χ0) is 14.5. The van der Waals surface area contributed by atoms with Gasteiger partial charge in [-0.3, -0.25) is 4.98 Å². The summed E-state index contributed by atoms with van der Waals surface area (Å²) in [5.74, 6) is 0. The predicted octanol–water partition coefficient (Wildman–Crippen LogP) is 4.40. The maximum atomic E-state index is 4.22. The molecule has 0 unspecified atom stereocenters. The first-order chi connectivity index (χ1) is 10.4. The number of nitrogens with zero attached hydrogens (tertiary/aromatic N) is 1. The van der Waals surface area contributed by atoms with Gasteiger partial charge in [0.15, 0.2) is 0 Å². The van der Waals surface area contributed by atoms with Gasteiger partial charge in [0.2, 0.25) is 0 Å². The predicted molar refractivity (Wildman–Crippen MR) is 89.2 cm³/mol. The molecule has 0 radical (unpaired) electrons. The maximum absolute atomic E-state index is 4.22. The van der Waals surface area contributed by atoms with E-state index in [0.717, 1.165) is 19.5 Å². The van der Waals surface area contributed by atoms with E-state index in [1.54, 1.807) is 0 Å². The van der Waals surface area contributed by atoms with Crippen molar-refractivity contribution in [2.45, 2.75) is 19.9 Å². The molecule has 0 aliphatic heterocycles. The molecule has 0 spiro atoms. The Hall–Kier alpha value is -2.19. The number of pyridine rings is 1. The summed E-state index contributed by atoms with van der Waals surface area (Å²) in [6.07, 6.45) is 4.95. The first-order valence-electron chi connectivity index (χ1n) is 7.52. The molecule has 0 bridgehead atoms. The highest BCUT2D eigenvalue weighted by atomic mass is 14.8. The molecule has 2 aromatic carbocycles. The summed E-state index contributed by atoms with van der Waals surface area (Å²) in [6.45, 7) is 4.15. The van der Waals surface area contributed by atoms with E-state index >= 15 is 0 Å². The summed E-state index contributed by atoms with van der Waals surface area (Å²) in [6, 6.07) is 17.1. The lowest BCUT2D eigenvalue weighted by Crippen LogP contribution is -2.14. The highest BCUT2D eigenvalue weighted by Gasteiger charge is 2.07. The number of hydrogen-bond acceptors (Lipinski definition) is 2. The zero-order valence-electron chi connectivity index (χ0n) is 12.3. The van der Waals surface area contributed by atoms with Crippen LogP contribution in [0.4, 0.5) is 0 Å². The number of nitrogens with one attached hydrogen (secondary N) is 1. The molecule has 3 rings (SSSR count).